The van der Waals surface area contributed by atoms with Crippen molar-refractivity contribution in [2.24, 2.45) is 0 Å². The number of allylic oxidation sites excluding steroid dienone is 1. The summed E-state index contributed by atoms with van der Waals surface area (Å²) in [4.78, 5) is 11.0. The van der Waals surface area contributed by atoms with Crippen LogP contribution < -0.4 is 0 Å². The van der Waals surface area contributed by atoms with E-state index in [1.54, 1.807) is 11.4 Å². The largest absolute Gasteiger partial charge is 0.525 e. The van der Waals surface area contributed by atoms with E-state index in [-0.39, 0.29) is 12.2 Å². The van der Waals surface area contributed by atoms with Crippen LogP contribution in [-0.4, -0.2) is 44.4 Å². The molecule has 138 valence electrons. The Balaban J connectivity index is 1.96. The molecule has 0 radical (unpaired) electrons. The van der Waals surface area contributed by atoms with Gasteiger partial charge in [0.1, 0.15) is 5.73 Å². The van der Waals surface area contributed by atoms with E-state index >= 15 is 4.39 Å². The van der Waals surface area contributed by atoms with Gasteiger partial charge in [0.15, 0.2) is 5.69 Å². The Hall–Kier alpha value is -2.04. The van der Waals surface area contributed by atoms with Gasteiger partial charge in [-0.25, -0.2) is 13.9 Å². The maximum absolute atomic E-state index is 15.3. The molecule has 0 amide bonds. The number of rotatable bonds is 5. The Labute approximate surface area is 154 Å². The molecule has 1 aliphatic heterocycles. The van der Waals surface area contributed by atoms with E-state index in [9.17, 15) is 4.79 Å². The van der Waals surface area contributed by atoms with Gasteiger partial charge in [-0.3, -0.25) is 0 Å². The fourth-order valence-electron chi connectivity index (χ4n) is 2.47. The summed E-state index contributed by atoms with van der Waals surface area (Å²) in [6.07, 6.45) is 1.26. The highest BCUT2D eigenvalue weighted by Crippen LogP contribution is 2.40. The standard InChI is InChI=1S/C16H19BFN3O4S/c1-15(2)16(3,4)25-17(24-15)13(18)11(10-5-6-26-9-10)7-21-8-12(14(22)23)19-20-21/h5-6,8-9H,7H2,1-4H3,(H,22,23). The zero-order valence-electron chi connectivity index (χ0n) is 14.9. The number of carboxylic acids is 1. The van der Waals surface area contributed by atoms with Crippen LogP contribution in [0.1, 0.15) is 43.7 Å². The molecule has 2 aromatic heterocycles. The van der Waals surface area contributed by atoms with Crippen molar-refractivity contribution in [1.82, 2.24) is 15.0 Å². The Bertz CT molecular complexity index is 832. The molecule has 0 saturated carbocycles. The van der Waals surface area contributed by atoms with Gasteiger partial charge < -0.3 is 14.4 Å². The minimum absolute atomic E-state index is 0.00687. The second kappa shape index (κ2) is 6.60. The summed E-state index contributed by atoms with van der Waals surface area (Å²) in [6.45, 7) is 7.40. The number of nitrogens with zero attached hydrogens (tertiary/aromatic N) is 3. The van der Waals surface area contributed by atoms with Crippen LogP contribution in [0.4, 0.5) is 4.39 Å². The van der Waals surface area contributed by atoms with Crippen LogP contribution >= 0.6 is 11.3 Å². The van der Waals surface area contributed by atoms with Crippen LogP contribution in [0.2, 0.25) is 0 Å². The molecule has 3 heterocycles. The van der Waals surface area contributed by atoms with E-state index < -0.39 is 30.0 Å². The second-order valence-electron chi connectivity index (χ2n) is 7.03. The number of aromatic carboxylic acids is 1. The third-order valence-electron chi connectivity index (χ3n) is 4.70. The summed E-state index contributed by atoms with van der Waals surface area (Å²) in [5.74, 6) is -1.19. The Morgan fingerprint density at radius 2 is 2.00 bits per heavy atom. The van der Waals surface area contributed by atoms with Gasteiger partial charge in [-0.1, -0.05) is 5.21 Å². The molecule has 1 fully saturated rings. The molecular weight excluding hydrogens is 360 g/mol. The van der Waals surface area contributed by atoms with E-state index in [4.69, 9.17) is 14.4 Å². The van der Waals surface area contributed by atoms with Crippen molar-refractivity contribution in [3.05, 3.63) is 40.0 Å². The average Bonchev–Trinajstić information content (AvgIpc) is 3.25. The molecular formula is C16H19BFN3O4S. The van der Waals surface area contributed by atoms with Crippen LogP contribution in [0.3, 0.4) is 0 Å². The van der Waals surface area contributed by atoms with Crippen molar-refractivity contribution in [3.8, 4) is 0 Å². The number of thiophene rings is 1. The lowest BCUT2D eigenvalue weighted by atomic mass is 9.83. The van der Waals surface area contributed by atoms with Gasteiger partial charge >= 0.3 is 13.1 Å². The van der Waals surface area contributed by atoms with E-state index in [0.717, 1.165) is 0 Å². The molecule has 1 N–H and O–H groups in total. The number of hydrogen-bond donors (Lipinski definition) is 1. The lowest BCUT2D eigenvalue weighted by Crippen LogP contribution is -2.41. The molecule has 0 bridgehead atoms. The topological polar surface area (TPSA) is 86.5 Å². The van der Waals surface area contributed by atoms with Crippen LogP contribution in [0.25, 0.3) is 5.57 Å². The number of halogens is 1. The highest BCUT2D eigenvalue weighted by atomic mass is 32.1. The third-order valence-corrected chi connectivity index (χ3v) is 5.38. The van der Waals surface area contributed by atoms with Crippen LogP contribution in [0.5, 0.6) is 0 Å². The van der Waals surface area contributed by atoms with Crippen molar-refractivity contribution in [2.45, 2.75) is 45.4 Å². The summed E-state index contributed by atoms with van der Waals surface area (Å²) in [6, 6.07) is 1.78. The van der Waals surface area contributed by atoms with Gasteiger partial charge in [0.2, 0.25) is 0 Å². The van der Waals surface area contributed by atoms with E-state index in [0.29, 0.717) is 11.1 Å². The van der Waals surface area contributed by atoms with Crippen molar-refractivity contribution in [2.75, 3.05) is 0 Å². The van der Waals surface area contributed by atoms with Gasteiger partial charge in [-0.2, -0.15) is 11.3 Å². The Kier molecular flexibility index (Phi) is 4.76. The third kappa shape index (κ3) is 3.44. The molecule has 0 aromatic carbocycles. The van der Waals surface area contributed by atoms with E-state index in [2.05, 4.69) is 10.3 Å². The van der Waals surface area contributed by atoms with Gasteiger partial charge in [0, 0.05) is 5.57 Å². The van der Waals surface area contributed by atoms with Crippen LogP contribution in [0, 0.1) is 0 Å². The van der Waals surface area contributed by atoms with Gasteiger partial charge in [-0.05, 0) is 50.1 Å². The molecule has 7 nitrogen and oxygen atoms in total. The monoisotopic (exact) mass is 379 g/mol. The van der Waals surface area contributed by atoms with Crippen molar-refractivity contribution in [1.29, 1.82) is 0 Å². The number of carbonyl (C=O) groups is 1. The smallest absolute Gasteiger partial charge is 0.476 e. The molecule has 0 spiro atoms. The maximum Gasteiger partial charge on any atom is 0.525 e. The second-order valence-corrected chi connectivity index (χ2v) is 7.81. The van der Waals surface area contributed by atoms with Gasteiger partial charge in [-0.15, -0.1) is 5.10 Å². The molecule has 1 saturated heterocycles. The molecule has 26 heavy (non-hydrogen) atoms. The number of carboxylic acid groups (broad SMARTS) is 1. The first-order valence-electron chi connectivity index (χ1n) is 8.01. The fraction of sp³-hybridized carbons (Fsp3) is 0.438. The first kappa shape index (κ1) is 18.7. The molecule has 10 heteroatoms. The number of aromatic nitrogens is 3. The SMILES string of the molecule is CC1(C)OB(C(F)=C(Cn2cc(C(=O)O)nn2)c2ccsc2)OC1(C)C. The fourth-order valence-corrected chi connectivity index (χ4v) is 3.14. The minimum Gasteiger partial charge on any atom is -0.476 e. The normalized spacial score (nSPS) is 19.5. The number of hydrogen-bond acceptors (Lipinski definition) is 6. The predicted molar refractivity (Wildman–Crippen MR) is 95.4 cm³/mol. The van der Waals surface area contributed by atoms with Crippen LogP contribution in [-0.2, 0) is 15.9 Å². The molecule has 0 aliphatic carbocycles. The van der Waals surface area contributed by atoms with Crippen molar-refractivity contribution < 1.29 is 23.6 Å². The predicted octanol–water partition coefficient (Wildman–Crippen LogP) is 3.05. The first-order chi connectivity index (χ1) is 12.1. The molecule has 1 aliphatic rings. The summed E-state index contributed by atoms with van der Waals surface area (Å²) in [5, 5.41) is 19.9. The minimum atomic E-state index is -1.19. The maximum atomic E-state index is 15.3. The zero-order valence-corrected chi connectivity index (χ0v) is 15.7. The Morgan fingerprint density at radius 1 is 1.35 bits per heavy atom. The lowest BCUT2D eigenvalue weighted by Gasteiger charge is -2.32. The molecule has 0 atom stereocenters. The van der Waals surface area contributed by atoms with E-state index in [1.165, 1.54) is 22.2 Å². The average molecular weight is 379 g/mol. The summed E-state index contributed by atoms with van der Waals surface area (Å²) in [7, 11) is -1.14. The van der Waals surface area contributed by atoms with Crippen molar-refractivity contribution >= 4 is 30.0 Å². The van der Waals surface area contributed by atoms with Gasteiger partial charge in [0.25, 0.3) is 0 Å². The van der Waals surface area contributed by atoms with Gasteiger partial charge in [0.05, 0.1) is 23.9 Å². The van der Waals surface area contributed by atoms with Crippen molar-refractivity contribution in [3.63, 3.8) is 0 Å². The Morgan fingerprint density at radius 3 is 2.50 bits per heavy atom. The summed E-state index contributed by atoms with van der Waals surface area (Å²) in [5.41, 5.74) is -1.13. The molecule has 0 unspecified atom stereocenters. The van der Waals surface area contributed by atoms with E-state index in [1.807, 2.05) is 33.1 Å². The quantitative estimate of drug-likeness (QED) is 0.804. The highest BCUT2D eigenvalue weighted by Gasteiger charge is 2.53. The summed E-state index contributed by atoms with van der Waals surface area (Å²) < 4.78 is 28.2. The lowest BCUT2D eigenvalue weighted by molar-refractivity contribution is 0.00578. The highest BCUT2D eigenvalue weighted by molar-refractivity contribution is 7.08. The summed E-state index contributed by atoms with van der Waals surface area (Å²) >= 11 is 1.43. The zero-order chi connectivity index (χ0) is 19.1. The molecule has 3 rings (SSSR count). The first-order valence-corrected chi connectivity index (χ1v) is 8.95. The molecule has 2 aromatic rings. The van der Waals surface area contributed by atoms with Crippen LogP contribution in [0.15, 0.2) is 28.7 Å².